The van der Waals surface area contributed by atoms with Gasteiger partial charge >= 0.3 is 5.97 Å². The largest absolute Gasteiger partial charge is 0.481 e. The highest BCUT2D eigenvalue weighted by Crippen LogP contribution is 2.31. The molecule has 1 aromatic carbocycles. The van der Waals surface area contributed by atoms with Crippen LogP contribution >= 0.6 is 11.6 Å². The lowest BCUT2D eigenvalue weighted by atomic mass is 9.92. The van der Waals surface area contributed by atoms with Gasteiger partial charge in [0.15, 0.2) is 0 Å². The molecule has 0 spiro atoms. The van der Waals surface area contributed by atoms with Gasteiger partial charge in [0, 0.05) is 5.92 Å². The van der Waals surface area contributed by atoms with E-state index in [1.54, 1.807) is 13.0 Å². The molecule has 0 aliphatic rings. The number of hydrogen-bond donors (Lipinski definition) is 2. The molecule has 0 amide bonds. The van der Waals surface area contributed by atoms with Crippen molar-refractivity contribution < 1.29 is 14.3 Å². The second-order valence-electron chi connectivity index (χ2n) is 3.62. The molecule has 0 saturated carbocycles. The van der Waals surface area contributed by atoms with E-state index in [9.17, 15) is 9.18 Å². The van der Waals surface area contributed by atoms with Crippen LogP contribution in [0.5, 0.6) is 0 Å². The van der Waals surface area contributed by atoms with Crippen molar-refractivity contribution in [3.63, 3.8) is 0 Å². The molecule has 0 bridgehead atoms. The van der Waals surface area contributed by atoms with Crippen LogP contribution in [0.15, 0.2) is 12.1 Å². The number of aryl methyl sites for hydroxylation is 1. The predicted octanol–water partition coefficient (Wildman–Crippen LogP) is 2.30. The van der Waals surface area contributed by atoms with Crippen molar-refractivity contribution in [2.75, 3.05) is 6.54 Å². The summed E-state index contributed by atoms with van der Waals surface area (Å²) < 4.78 is 13.3. The third kappa shape index (κ3) is 2.71. The van der Waals surface area contributed by atoms with Crippen LogP contribution < -0.4 is 5.73 Å². The average molecular weight is 246 g/mol. The quantitative estimate of drug-likeness (QED) is 0.856. The number of aliphatic carboxylic acids is 1. The van der Waals surface area contributed by atoms with E-state index < -0.39 is 17.7 Å². The monoisotopic (exact) mass is 245 g/mol. The fraction of sp³-hybridized carbons (Fsp3) is 0.364. The molecule has 16 heavy (non-hydrogen) atoms. The molecule has 0 aliphatic carbocycles. The highest BCUT2D eigenvalue weighted by Gasteiger charge is 2.20. The average Bonchev–Trinajstić information content (AvgIpc) is 2.22. The molecule has 0 radical (unpaired) electrons. The van der Waals surface area contributed by atoms with Gasteiger partial charge in [0.1, 0.15) is 5.82 Å². The lowest BCUT2D eigenvalue weighted by Crippen LogP contribution is -2.18. The smallest absolute Gasteiger partial charge is 0.304 e. The molecule has 0 fully saturated rings. The maximum absolute atomic E-state index is 13.3. The number of hydrogen-bond acceptors (Lipinski definition) is 2. The summed E-state index contributed by atoms with van der Waals surface area (Å²) in [6.45, 7) is 1.88. The van der Waals surface area contributed by atoms with Crippen molar-refractivity contribution in [2.24, 2.45) is 5.73 Å². The molecule has 3 nitrogen and oxygen atoms in total. The number of rotatable bonds is 4. The van der Waals surface area contributed by atoms with Crippen LogP contribution in [0.1, 0.15) is 23.5 Å². The summed E-state index contributed by atoms with van der Waals surface area (Å²) in [5, 5.41) is 8.70. The van der Waals surface area contributed by atoms with Gasteiger partial charge in [-0.15, -0.1) is 0 Å². The van der Waals surface area contributed by atoms with E-state index >= 15 is 0 Å². The number of carboxylic acids is 1. The van der Waals surface area contributed by atoms with Crippen molar-refractivity contribution in [3.05, 3.63) is 34.1 Å². The normalized spacial score (nSPS) is 12.5. The second-order valence-corrected chi connectivity index (χ2v) is 4.00. The molecule has 1 aromatic rings. The predicted molar refractivity (Wildman–Crippen MR) is 60.2 cm³/mol. The molecular formula is C11H13ClFNO2. The first-order valence-corrected chi connectivity index (χ1v) is 5.21. The number of benzene rings is 1. The van der Waals surface area contributed by atoms with Gasteiger partial charge in [-0.3, -0.25) is 4.79 Å². The molecule has 0 aliphatic heterocycles. The van der Waals surface area contributed by atoms with E-state index in [4.69, 9.17) is 22.4 Å². The molecule has 0 heterocycles. The van der Waals surface area contributed by atoms with Crippen molar-refractivity contribution in [1.82, 2.24) is 0 Å². The SMILES string of the molecule is Cc1ccc(F)c(Cl)c1C(CN)CC(=O)O. The van der Waals surface area contributed by atoms with Gasteiger partial charge < -0.3 is 10.8 Å². The molecule has 3 N–H and O–H groups in total. The van der Waals surface area contributed by atoms with Crippen molar-refractivity contribution >= 4 is 17.6 Å². The lowest BCUT2D eigenvalue weighted by molar-refractivity contribution is -0.137. The topological polar surface area (TPSA) is 63.3 Å². The van der Waals surface area contributed by atoms with E-state index in [1.807, 2.05) is 0 Å². The molecular weight excluding hydrogens is 233 g/mol. The van der Waals surface area contributed by atoms with Crippen LogP contribution in [-0.4, -0.2) is 17.6 Å². The van der Waals surface area contributed by atoms with Crippen LogP contribution in [0.4, 0.5) is 4.39 Å². The maximum Gasteiger partial charge on any atom is 0.304 e. The Kier molecular flexibility index (Phi) is 4.26. The Morgan fingerprint density at radius 2 is 2.25 bits per heavy atom. The Balaban J connectivity index is 3.18. The molecule has 0 saturated heterocycles. The van der Waals surface area contributed by atoms with Crippen LogP contribution in [0.25, 0.3) is 0 Å². The summed E-state index contributed by atoms with van der Waals surface area (Å²) in [5.41, 5.74) is 6.74. The zero-order valence-corrected chi connectivity index (χ0v) is 9.59. The zero-order valence-electron chi connectivity index (χ0n) is 8.84. The molecule has 5 heteroatoms. The van der Waals surface area contributed by atoms with Crippen LogP contribution in [-0.2, 0) is 4.79 Å². The summed E-state index contributed by atoms with van der Waals surface area (Å²) in [6, 6.07) is 2.83. The minimum Gasteiger partial charge on any atom is -0.481 e. The summed E-state index contributed by atoms with van der Waals surface area (Å²) in [4.78, 5) is 10.7. The van der Waals surface area contributed by atoms with Gasteiger partial charge in [-0.1, -0.05) is 17.7 Å². The van der Waals surface area contributed by atoms with Gasteiger partial charge in [0.05, 0.1) is 11.4 Å². The third-order valence-electron chi connectivity index (χ3n) is 2.46. The van der Waals surface area contributed by atoms with Gasteiger partial charge in [-0.2, -0.15) is 0 Å². The van der Waals surface area contributed by atoms with E-state index in [0.717, 1.165) is 5.56 Å². The van der Waals surface area contributed by atoms with E-state index in [0.29, 0.717) is 5.56 Å². The fourth-order valence-electron chi connectivity index (χ4n) is 1.68. The van der Waals surface area contributed by atoms with Crippen LogP contribution in [0.2, 0.25) is 5.02 Å². The Morgan fingerprint density at radius 1 is 1.62 bits per heavy atom. The maximum atomic E-state index is 13.3. The summed E-state index contributed by atoms with van der Waals surface area (Å²) in [7, 11) is 0. The van der Waals surface area contributed by atoms with Gasteiger partial charge in [0.25, 0.3) is 0 Å². The molecule has 0 aromatic heterocycles. The van der Waals surface area contributed by atoms with E-state index in [2.05, 4.69) is 0 Å². The van der Waals surface area contributed by atoms with Crippen molar-refractivity contribution in [2.45, 2.75) is 19.3 Å². The summed E-state index contributed by atoms with van der Waals surface area (Å²) in [6.07, 6.45) is -0.152. The molecule has 1 unspecified atom stereocenters. The van der Waals surface area contributed by atoms with Crippen molar-refractivity contribution in [3.8, 4) is 0 Å². The highest BCUT2D eigenvalue weighted by atomic mass is 35.5. The lowest BCUT2D eigenvalue weighted by Gasteiger charge is -2.17. The van der Waals surface area contributed by atoms with E-state index in [-0.39, 0.29) is 18.0 Å². The second kappa shape index (κ2) is 5.27. The Hall–Kier alpha value is -1.13. The van der Waals surface area contributed by atoms with Gasteiger partial charge in [-0.05, 0) is 30.7 Å². The Morgan fingerprint density at radius 3 is 2.75 bits per heavy atom. The first kappa shape index (κ1) is 12.9. The van der Waals surface area contributed by atoms with E-state index in [1.165, 1.54) is 6.07 Å². The Bertz CT molecular complexity index is 409. The number of halogens is 2. The first-order chi connectivity index (χ1) is 7.47. The minimum absolute atomic E-state index is 0.0308. The Labute approximate surface area is 98.0 Å². The zero-order chi connectivity index (χ0) is 12.3. The molecule has 88 valence electrons. The number of nitrogens with two attached hydrogens (primary N) is 1. The number of carboxylic acid groups (broad SMARTS) is 1. The fourth-order valence-corrected chi connectivity index (χ4v) is 2.04. The standard InChI is InChI=1S/C11H13ClFNO2/c1-6-2-3-8(13)11(12)10(6)7(5-14)4-9(15)16/h2-3,7H,4-5,14H2,1H3,(H,15,16). The summed E-state index contributed by atoms with van der Waals surface area (Å²) >= 11 is 5.83. The molecule has 1 atom stereocenters. The third-order valence-corrected chi connectivity index (χ3v) is 2.85. The van der Waals surface area contributed by atoms with Gasteiger partial charge in [-0.25, -0.2) is 4.39 Å². The van der Waals surface area contributed by atoms with Crippen LogP contribution in [0, 0.1) is 12.7 Å². The molecule has 1 rings (SSSR count). The van der Waals surface area contributed by atoms with Gasteiger partial charge in [0.2, 0.25) is 0 Å². The summed E-state index contributed by atoms with van der Waals surface area (Å²) in [5.74, 6) is -1.98. The van der Waals surface area contributed by atoms with Crippen molar-refractivity contribution in [1.29, 1.82) is 0 Å². The van der Waals surface area contributed by atoms with Crippen LogP contribution in [0.3, 0.4) is 0 Å². The minimum atomic E-state index is -0.977. The highest BCUT2D eigenvalue weighted by molar-refractivity contribution is 6.31. The first-order valence-electron chi connectivity index (χ1n) is 4.83. The number of carbonyl (C=O) groups is 1.